The highest BCUT2D eigenvalue weighted by Gasteiger charge is 2.12. The van der Waals surface area contributed by atoms with E-state index >= 15 is 0 Å². The molecular weight excluding hydrogens is 152 g/mol. The maximum absolute atomic E-state index is 5.44. The number of nitrogens with two attached hydrogens (primary N) is 1. The van der Waals surface area contributed by atoms with Gasteiger partial charge in [-0.25, -0.2) is 0 Å². The lowest BCUT2D eigenvalue weighted by Gasteiger charge is -2.23. The normalized spacial score (nSPS) is 23.2. The highest BCUT2D eigenvalue weighted by Crippen LogP contribution is 2.08. The van der Waals surface area contributed by atoms with Crippen LogP contribution in [0.4, 0.5) is 0 Å². The van der Waals surface area contributed by atoms with E-state index in [2.05, 4.69) is 18.3 Å². The van der Waals surface area contributed by atoms with Crippen LogP contribution in [-0.4, -0.2) is 25.7 Å². The van der Waals surface area contributed by atoms with E-state index in [-0.39, 0.29) is 0 Å². The Morgan fingerprint density at radius 1 is 1.75 bits per heavy atom. The van der Waals surface area contributed by atoms with Gasteiger partial charge in [0.05, 0.1) is 6.54 Å². The van der Waals surface area contributed by atoms with E-state index in [9.17, 15) is 0 Å². The third kappa shape index (κ3) is 2.83. The van der Waals surface area contributed by atoms with Gasteiger partial charge in [-0.1, -0.05) is 6.92 Å². The Labute approximate surface area is 74.0 Å². The van der Waals surface area contributed by atoms with Crippen molar-refractivity contribution in [3.8, 4) is 0 Å². The van der Waals surface area contributed by atoms with Gasteiger partial charge in [-0.3, -0.25) is 0 Å². The molecule has 0 amide bonds. The molecule has 0 unspecified atom stereocenters. The summed E-state index contributed by atoms with van der Waals surface area (Å²) in [4.78, 5) is 0. The molecule has 0 aliphatic carbocycles. The van der Waals surface area contributed by atoms with Crippen LogP contribution < -0.4 is 11.1 Å². The lowest BCUT2D eigenvalue weighted by Crippen LogP contribution is -2.36. The highest BCUT2D eigenvalue weighted by atomic mass is 16.5. The minimum atomic E-state index is 0.486. The van der Waals surface area contributed by atoms with Crippen LogP contribution in [0.15, 0.2) is 11.8 Å². The number of ether oxygens (including phenoxy) is 1. The standard InChI is InChI=1S/C9H18N2O/c1-2-5-11-8-3-4-9(6-10)12-7-8/h4,8,11H,2-3,5-7,10H2,1H3/t8-/m1/s1. The summed E-state index contributed by atoms with van der Waals surface area (Å²) < 4.78 is 5.41. The summed E-state index contributed by atoms with van der Waals surface area (Å²) in [5, 5.41) is 3.41. The Balaban J connectivity index is 2.21. The topological polar surface area (TPSA) is 47.3 Å². The molecule has 1 aliphatic heterocycles. The molecule has 0 fully saturated rings. The number of hydrogen-bond donors (Lipinski definition) is 2. The molecule has 0 aromatic heterocycles. The minimum Gasteiger partial charge on any atom is -0.495 e. The van der Waals surface area contributed by atoms with E-state index in [1.165, 1.54) is 6.42 Å². The molecule has 0 aromatic carbocycles. The maximum atomic E-state index is 5.44. The van der Waals surface area contributed by atoms with Crippen molar-refractivity contribution in [3.05, 3.63) is 11.8 Å². The average molecular weight is 170 g/mol. The van der Waals surface area contributed by atoms with Crippen molar-refractivity contribution in [2.75, 3.05) is 19.7 Å². The SMILES string of the molecule is CCCN[C@@H]1CC=C(CN)OC1. The van der Waals surface area contributed by atoms with Crippen LogP contribution in [0.3, 0.4) is 0 Å². The second kappa shape index (κ2) is 5.17. The van der Waals surface area contributed by atoms with Gasteiger partial charge in [0.2, 0.25) is 0 Å². The van der Waals surface area contributed by atoms with Gasteiger partial charge in [0.25, 0.3) is 0 Å². The number of nitrogens with one attached hydrogen (secondary N) is 1. The Hall–Kier alpha value is -0.540. The second-order valence-corrected chi connectivity index (χ2v) is 3.07. The molecule has 3 N–H and O–H groups in total. The van der Waals surface area contributed by atoms with Gasteiger partial charge in [-0.2, -0.15) is 0 Å². The minimum absolute atomic E-state index is 0.486. The molecule has 1 atom stereocenters. The van der Waals surface area contributed by atoms with Crippen molar-refractivity contribution in [3.63, 3.8) is 0 Å². The fourth-order valence-electron chi connectivity index (χ4n) is 1.24. The van der Waals surface area contributed by atoms with Gasteiger partial charge >= 0.3 is 0 Å². The van der Waals surface area contributed by atoms with Crippen molar-refractivity contribution in [1.29, 1.82) is 0 Å². The lowest BCUT2D eigenvalue weighted by atomic mass is 10.1. The van der Waals surface area contributed by atoms with Crippen molar-refractivity contribution in [2.45, 2.75) is 25.8 Å². The molecule has 70 valence electrons. The van der Waals surface area contributed by atoms with Crippen LogP contribution >= 0.6 is 0 Å². The van der Waals surface area contributed by atoms with Crippen molar-refractivity contribution >= 4 is 0 Å². The smallest absolute Gasteiger partial charge is 0.106 e. The van der Waals surface area contributed by atoms with Gasteiger partial charge in [0.1, 0.15) is 12.4 Å². The van der Waals surface area contributed by atoms with E-state index in [1.54, 1.807) is 0 Å². The molecule has 0 radical (unpaired) electrons. The Morgan fingerprint density at radius 3 is 3.08 bits per heavy atom. The monoisotopic (exact) mass is 170 g/mol. The van der Waals surface area contributed by atoms with Gasteiger partial charge in [0, 0.05) is 6.04 Å². The van der Waals surface area contributed by atoms with Crippen molar-refractivity contribution in [2.24, 2.45) is 5.73 Å². The summed E-state index contributed by atoms with van der Waals surface area (Å²) in [5.41, 5.74) is 5.44. The first kappa shape index (κ1) is 9.55. The zero-order chi connectivity index (χ0) is 8.81. The van der Waals surface area contributed by atoms with E-state index in [1.807, 2.05) is 0 Å². The average Bonchev–Trinajstić information content (AvgIpc) is 2.15. The first-order chi connectivity index (χ1) is 5.86. The van der Waals surface area contributed by atoms with Crippen LogP contribution in [0.5, 0.6) is 0 Å². The summed E-state index contributed by atoms with van der Waals surface area (Å²) in [7, 11) is 0. The zero-order valence-electron chi connectivity index (χ0n) is 7.68. The van der Waals surface area contributed by atoms with Crippen molar-refractivity contribution in [1.82, 2.24) is 5.32 Å². The fourth-order valence-corrected chi connectivity index (χ4v) is 1.24. The molecule has 1 rings (SSSR count). The molecule has 0 aromatic rings. The molecule has 1 heterocycles. The van der Waals surface area contributed by atoms with Crippen molar-refractivity contribution < 1.29 is 4.74 Å². The quantitative estimate of drug-likeness (QED) is 0.650. The van der Waals surface area contributed by atoms with Gasteiger partial charge in [-0.05, 0) is 25.5 Å². The molecule has 0 saturated carbocycles. The van der Waals surface area contributed by atoms with E-state index < -0.39 is 0 Å². The summed E-state index contributed by atoms with van der Waals surface area (Å²) in [5.74, 6) is 0.935. The molecule has 3 heteroatoms. The Kier molecular flexibility index (Phi) is 4.11. The second-order valence-electron chi connectivity index (χ2n) is 3.07. The van der Waals surface area contributed by atoms with E-state index in [0.717, 1.165) is 25.3 Å². The van der Waals surface area contributed by atoms with Crippen LogP contribution in [0, 0.1) is 0 Å². The Morgan fingerprint density at radius 2 is 2.58 bits per heavy atom. The molecule has 0 bridgehead atoms. The highest BCUT2D eigenvalue weighted by molar-refractivity contribution is 5.00. The largest absolute Gasteiger partial charge is 0.495 e. The van der Waals surface area contributed by atoms with Gasteiger partial charge in [0.15, 0.2) is 0 Å². The zero-order valence-corrected chi connectivity index (χ0v) is 7.68. The molecule has 0 spiro atoms. The predicted octanol–water partition coefficient (Wildman–Crippen LogP) is 0.618. The van der Waals surface area contributed by atoms with E-state index in [0.29, 0.717) is 12.6 Å². The first-order valence-electron chi connectivity index (χ1n) is 4.62. The molecule has 3 nitrogen and oxygen atoms in total. The summed E-state index contributed by atoms with van der Waals surface area (Å²) in [6.07, 6.45) is 4.30. The third-order valence-electron chi connectivity index (χ3n) is 1.98. The first-order valence-corrected chi connectivity index (χ1v) is 4.62. The lowest BCUT2D eigenvalue weighted by molar-refractivity contribution is 0.159. The van der Waals surface area contributed by atoms with Crippen LogP contribution in [-0.2, 0) is 4.74 Å². The van der Waals surface area contributed by atoms with Crippen LogP contribution in [0.25, 0.3) is 0 Å². The summed E-state index contributed by atoms with van der Waals surface area (Å²) >= 11 is 0. The molecule has 0 saturated heterocycles. The molecular formula is C9H18N2O. The number of hydrogen-bond acceptors (Lipinski definition) is 3. The van der Waals surface area contributed by atoms with Crippen LogP contribution in [0.2, 0.25) is 0 Å². The Bertz CT molecular complexity index is 157. The fraction of sp³-hybridized carbons (Fsp3) is 0.778. The third-order valence-corrected chi connectivity index (χ3v) is 1.98. The summed E-state index contributed by atoms with van der Waals surface area (Å²) in [6.45, 7) is 4.53. The van der Waals surface area contributed by atoms with E-state index in [4.69, 9.17) is 10.5 Å². The molecule has 1 aliphatic rings. The maximum Gasteiger partial charge on any atom is 0.106 e. The molecule has 12 heavy (non-hydrogen) atoms. The van der Waals surface area contributed by atoms with Gasteiger partial charge < -0.3 is 15.8 Å². The summed E-state index contributed by atoms with van der Waals surface area (Å²) in [6, 6.07) is 0.486. The van der Waals surface area contributed by atoms with Crippen LogP contribution in [0.1, 0.15) is 19.8 Å². The number of rotatable bonds is 4. The van der Waals surface area contributed by atoms with Gasteiger partial charge in [-0.15, -0.1) is 0 Å². The predicted molar refractivity (Wildman–Crippen MR) is 49.8 cm³/mol.